The Labute approximate surface area is 116 Å². The van der Waals surface area contributed by atoms with Crippen LogP contribution in [0.3, 0.4) is 0 Å². The number of rotatable bonds is 7. The largest absolute Gasteiger partial charge is 0.527 e. The lowest BCUT2D eigenvalue weighted by Crippen LogP contribution is -2.52. The molecule has 0 aliphatic heterocycles. The van der Waals surface area contributed by atoms with Crippen LogP contribution >= 0.6 is 0 Å². The van der Waals surface area contributed by atoms with Crippen LogP contribution < -0.4 is 0 Å². The first-order valence-electron chi connectivity index (χ1n) is 4.92. The van der Waals surface area contributed by atoms with Gasteiger partial charge in [-0.3, -0.25) is 0 Å². The van der Waals surface area contributed by atoms with Gasteiger partial charge in [-0.15, -0.1) is 13.2 Å². The molecular weight excluding hydrogens is 343 g/mol. The van der Waals surface area contributed by atoms with Gasteiger partial charge in [0.25, 0.3) is 0 Å². The molecule has 0 bridgehead atoms. The Morgan fingerprint density at radius 3 is 1.68 bits per heavy atom. The maximum atomic E-state index is 12.8. The summed E-state index contributed by atoms with van der Waals surface area (Å²) in [6.45, 7) is 1.66. The third kappa shape index (κ3) is 6.51. The minimum atomic E-state index is -6.45. The van der Waals surface area contributed by atoms with Crippen molar-refractivity contribution in [2.24, 2.45) is 0 Å². The van der Waals surface area contributed by atoms with E-state index in [1.54, 1.807) is 4.74 Å². The third-order valence-corrected chi connectivity index (χ3v) is 1.58. The first-order chi connectivity index (χ1) is 9.49. The highest BCUT2D eigenvalue weighted by molar-refractivity contribution is 5.86. The van der Waals surface area contributed by atoms with Crippen molar-refractivity contribution in [2.45, 2.75) is 31.6 Å². The van der Waals surface area contributed by atoms with E-state index in [4.69, 9.17) is 0 Å². The van der Waals surface area contributed by atoms with Crippen LogP contribution in [0.5, 0.6) is 0 Å². The summed E-state index contributed by atoms with van der Waals surface area (Å²) in [6, 6.07) is 0. The second-order valence-corrected chi connectivity index (χ2v) is 3.68. The molecule has 0 fully saturated rings. The molecule has 0 spiro atoms. The topological polar surface area (TPSA) is 44.8 Å². The second-order valence-electron chi connectivity index (χ2n) is 3.68. The van der Waals surface area contributed by atoms with E-state index in [0.29, 0.717) is 0 Å². The minimum absolute atomic E-state index is 0.437. The molecule has 0 aliphatic carbocycles. The van der Waals surface area contributed by atoms with Crippen LogP contribution in [-0.4, -0.2) is 37.3 Å². The van der Waals surface area contributed by atoms with Crippen LogP contribution in [0.1, 0.15) is 6.92 Å². The van der Waals surface area contributed by atoms with Crippen molar-refractivity contribution < 1.29 is 58.5 Å². The summed E-state index contributed by atoms with van der Waals surface area (Å²) in [7, 11) is 0. The molecule has 0 aromatic carbocycles. The molecule has 0 aromatic rings. The zero-order chi connectivity index (χ0) is 18.0. The van der Waals surface area contributed by atoms with Crippen LogP contribution in [-0.2, 0) is 19.0 Å². The molecule has 0 saturated carbocycles. The molecule has 22 heavy (non-hydrogen) atoms. The van der Waals surface area contributed by atoms with Gasteiger partial charge in [-0.25, -0.2) is 14.3 Å². The van der Waals surface area contributed by atoms with Crippen molar-refractivity contribution in [3.05, 3.63) is 12.2 Å². The first-order valence-corrected chi connectivity index (χ1v) is 4.92. The first kappa shape index (κ1) is 20.5. The standard InChI is InChI=1S/C9H7F9O4/c1-4(2)5(19)20-3-6(10,11)21-7(12,13)8(14,15)22-9(16,17)18/h1,3H2,2H3. The Bertz CT molecular complexity index is 429. The van der Waals surface area contributed by atoms with Crippen molar-refractivity contribution in [1.29, 1.82) is 0 Å². The smallest absolute Gasteiger partial charge is 0.453 e. The highest BCUT2D eigenvalue weighted by atomic mass is 19.4. The Balaban J connectivity index is 4.93. The molecule has 0 aromatic heterocycles. The molecule has 0 atom stereocenters. The van der Waals surface area contributed by atoms with Gasteiger partial charge in [0.05, 0.1) is 0 Å². The monoisotopic (exact) mass is 350 g/mol. The highest BCUT2D eigenvalue weighted by Gasteiger charge is 2.68. The molecule has 0 N–H and O–H groups in total. The quantitative estimate of drug-likeness (QED) is 0.401. The van der Waals surface area contributed by atoms with E-state index in [1.807, 2.05) is 0 Å². The Hall–Kier alpha value is -1.50. The molecule has 0 unspecified atom stereocenters. The Morgan fingerprint density at radius 2 is 1.32 bits per heavy atom. The molecule has 0 radical (unpaired) electrons. The maximum Gasteiger partial charge on any atom is 0.527 e. The minimum Gasteiger partial charge on any atom is -0.453 e. The second kappa shape index (κ2) is 6.32. The fraction of sp³-hybridized carbons (Fsp3) is 0.667. The average Bonchev–Trinajstić information content (AvgIpc) is 2.20. The molecule has 0 aliphatic rings. The molecule has 0 saturated heterocycles. The fourth-order valence-corrected chi connectivity index (χ4v) is 0.754. The van der Waals surface area contributed by atoms with Gasteiger partial charge in [-0.1, -0.05) is 6.58 Å². The van der Waals surface area contributed by atoms with Crippen molar-refractivity contribution >= 4 is 5.97 Å². The molecule has 13 heteroatoms. The fourth-order valence-electron chi connectivity index (χ4n) is 0.754. The van der Waals surface area contributed by atoms with Crippen LogP contribution in [0.4, 0.5) is 39.5 Å². The van der Waals surface area contributed by atoms with Crippen molar-refractivity contribution in [3.8, 4) is 0 Å². The number of hydrogen-bond acceptors (Lipinski definition) is 4. The molecule has 0 rings (SSSR count). The van der Waals surface area contributed by atoms with Gasteiger partial charge in [0.2, 0.25) is 0 Å². The molecular formula is C9H7F9O4. The highest BCUT2D eigenvalue weighted by Crippen LogP contribution is 2.43. The number of halogens is 9. The van der Waals surface area contributed by atoms with E-state index in [1.165, 1.54) is 0 Å². The summed E-state index contributed by atoms with van der Waals surface area (Å²) >= 11 is 0. The summed E-state index contributed by atoms with van der Waals surface area (Å²) in [5.74, 6) is -1.50. The van der Waals surface area contributed by atoms with Crippen molar-refractivity contribution in [2.75, 3.05) is 6.61 Å². The van der Waals surface area contributed by atoms with E-state index in [2.05, 4.69) is 16.1 Å². The normalized spacial score (nSPS) is 13.9. The predicted molar refractivity (Wildman–Crippen MR) is 48.8 cm³/mol. The number of ether oxygens (including phenoxy) is 3. The van der Waals surface area contributed by atoms with Crippen LogP contribution in [0.25, 0.3) is 0 Å². The van der Waals surface area contributed by atoms with E-state index >= 15 is 0 Å². The zero-order valence-electron chi connectivity index (χ0n) is 10.4. The van der Waals surface area contributed by atoms with Crippen LogP contribution in [0.15, 0.2) is 12.2 Å². The predicted octanol–water partition coefficient (Wildman–Crippen LogP) is 3.44. The summed E-state index contributed by atoms with van der Waals surface area (Å²) < 4.78 is 118. The maximum absolute atomic E-state index is 12.8. The van der Waals surface area contributed by atoms with Gasteiger partial charge in [-0.05, 0) is 6.92 Å². The SMILES string of the molecule is C=C(C)C(=O)OCC(F)(F)OC(F)(F)C(F)(F)OC(F)(F)F. The molecule has 0 amide bonds. The Kier molecular flexibility index (Phi) is 5.89. The molecule has 4 nitrogen and oxygen atoms in total. The van der Waals surface area contributed by atoms with E-state index < -0.39 is 42.8 Å². The lowest BCUT2D eigenvalue weighted by molar-refractivity contribution is -0.529. The number of alkyl halides is 9. The van der Waals surface area contributed by atoms with Gasteiger partial charge in [0.1, 0.15) is 0 Å². The van der Waals surface area contributed by atoms with Crippen molar-refractivity contribution in [1.82, 2.24) is 0 Å². The van der Waals surface area contributed by atoms with Crippen LogP contribution in [0.2, 0.25) is 0 Å². The third-order valence-electron chi connectivity index (χ3n) is 1.58. The van der Waals surface area contributed by atoms with Gasteiger partial charge in [-0.2, -0.15) is 26.3 Å². The van der Waals surface area contributed by atoms with Gasteiger partial charge in [0.15, 0.2) is 6.61 Å². The molecule has 0 heterocycles. The van der Waals surface area contributed by atoms with E-state index in [9.17, 15) is 44.3 Å². The van der Waals surface area contributed by atoms with Gasteiger partial charge >= 0.3 is 30.7 Å². The summed E-state index contributed by atoms with van der Waals surface area (Å²) in [5, 5.41) is 0. The van der Waals surface area contributed by atoms with E-state index in [-0.39, 0.29) is 0 Å². The van der Waals surface area contributed by atoms with Crippen molar-refractivity contribution in [3.63, 3.8) is 0 Å². The lowest BCUT2D eigenvalue weighted by atomic mass is 10.4. The zero-order valence-corrected chi connectivity index (χ0v) is 10.4. The number of carbonyl (C=O) groups is 1. The number of hydrogen-bond donors (Lipinski definition) is 0. The summed E-state index contributed by atoms with van der Waals surface area (Å²) in [6.07, 6.45) is -24.3. The van der Waals surface area contributed by atoms with Gasteiger partial charge < -0.3 is 4.74 Å². The average molecular weight is 350 g/mol. The Morgan fingerprint density at radius 1 is 0.909 bits per heavy atom. The number of esters is 1. The number of carbonyl (C=O) groups excluding carboxylic acids is 1. The lowest BCUT2D eigenvalue weighted by Gasteiger charge is -2.29. The van der Waals surface area contributed by atoms with Crippen LogP contribution in [0, 0.1) is 0 Å². The molecule has 130 valence electrons. The van der Waals surface area contributed by atoms with Gasteiger partial charge in [0, 0.05) is 5.57 Å². The summed E-state index contributed by atoms with van der Waals surface area (Å²) in [5.41, 5.74) is -0.437. The summed E-state index contributed by atoms with van der Waals surface area (Å²) in [4.78, 5) is 10.7. The van der Waals surface area contributed by atoms with E-state index in [0.717, 1.165) is 6.92 Å².